The number of likely N-dealkylation sites (N-methyl/N-ethyl adjacent to an activating group) is 1. The van der Waals surface area contributed by atoms with Crippen LogP contribution in [0.3, 0.4) is 0 Å². The predicted molar refractivity (Wildman–Crippen MR) is 157 cm³/mol. The Bertz CT molecular complexity index is 1270. The predicted octanol–water partition coefficient (Wildman–Crippen LogP) is -0.103. The lowest BCUT2D eigenvalue weighted by Gasteiger charge is -2.13. The average Bonchev–Trinajstić information content (AvgIpc) is 3.33. The highest BCUT2D eigenvalue weighted by molar-refractivity contribution is 5.91. The first-order chi connectivity index (χ1) is 20.3. The summed E-state index contributed by atoms with van der Waals surface area (Å²) in [5, 5.41) is 12.0. The van der Waals surface area contributed by atoms with E-state index in [0.29, 0.717) is 69.4 Å². The number of carbonyl (C=O) groups is 2. The molecule has 228 valence electrons. The van der Waals surface area contributed by atoms with E-state index in [2.05, 4.69) is 36.2 Å². The second kappa shape index (κ2) is 16.8. The normalized spacial score (nSPS) is 14.1. The van der Waals surface area contributed by atoms with Crippen LogP contribution in [0.4, 0.5) is 0 Å². The van der Waals surface area contributed by atoms with E-state index in [1.165, 1.54) is 13.8 Å². The summed E-state index contributed by atoms with van der Waals surface area (Å²) in [7, 11) is 5.05. The van der Waals surface area contributed by atoms with E-state index >= 15 is 0 Å². The van der Waals surface area contributed by atoms with Gasteiger partial charge in [-0.05, 0) is 12.1 Å². The minimum atomic E-state index is -0.0973. The number of aromatic nitrogens is 2. The summed E-state index contributed by atoms with van der Waals surface area (Å²) in [6.07, 6.45) is 1.81. The Morgan fingerprint density at radius 3 is 1.83 bits per heavy atom. The molecule has 14 nitrogen and oxygen atoms in total. The number of nitrogens with zero attached hydrogens (tertiary/aromatic N) is 4. The number of ether oxygens (including phenoxy) is 4. The molecular weight excluding hydrogens is 544 g/mol. The van der Waals surface area contributed by atoms with Crippen LogP contribution in [-0.4, -0.2) is 105 Å². The van der Waals surface area contributed by atoms with Crippen LogP contribution in [0.25, 0.3) is 0 Å². The number of hydrogen-bond donors (Lipinski definition) is 4. The van der Waals surface area contributed by atoms with Crippen LogP contribution in [0.1, 0.15) is 25.0 Å². The van der Waals surface area contributed by atoms with Gasteiger partial charge in [0.05, 0.1) is 21.3 Å². The Labute approximate surface area is 245 Å². The number of methoxy groups -OCH3 is 2. The Kier molecular flexibility index (Phi) is 12.9. The quantitative estimate of drug-likeness (QED) is 0.137. The summed E-state index contributed by atoms with van der Waals surface area (Å²) in [6, 6.07) is 7.28. The molecule has 0 radical (unpaired) electrons. The number of amides is 2. The highest BCUT2D eigenvalue weighted by Gasteiger charge is 2.28. The third-order valence-electron chi connectivity index (χ3n) is 6.25. The van der Waals surface area contributed by atoms with Crippen molar-refractivity contribution in [3.63, 3.8) is 0 Å². The maximum absolute atomic E-state index is 11.0. The van der Waals surface area contributed by atoms with E-state index in [1.54, 1.807) is 26.4 Å². The van der Waals surface area contributed by atoms with Crippen molar-refractivity contribution in [1.29, 1.82) is 0 Å². The van der Waals surface area contributed by atoms with E-state index in [4.69, 9.17) is 18.9 Å². The first kappa shape index (κ1) is 32.2. The van der Waals surface area contributed by atoms with E-state index in [9.17, 15) is 9.59 Å². The van der Waals surface area contributed by atoms with E-state index < -0.39 is 0 Å². The first-order valence-corrected chi connectivity index (χ1v) is 13.7. The zero-order valence-electron chi connectivity index (χ0n) is 24.9. The van der Waals surface area contributed by atoms with Crippen LogP contribution in [0, 0.1) is 0 Å². The van der Waals surface area contributed by atoms with E-state index in [0.717, 1.165) is 17.0 Å². The molecule has 2 amide bonds. The molecule has 3 rings (SSSR count). The Morgan fingerprint density at radius 1 is 0.810 bits per heavy atom. The highest BCUT2D eigenvalue weighted by atomic mass is 16.5. The van der Waals surface area contributed by atoms with Gasteiger partial charge in [0.15, 0.2) is 18.9 Å². The molecule has 1 unspecified atom stereocenters. The lowest BCUT2D eigenvalue weighted by atomic mass is 10.2. The van der Waals surface area contributed by atoms with Crippen LogP contribution in [0.15, 0.2) is 29.3 Å². The van der Waals surface area contributed by atoms with Gasteiger partial charge in [0.2, 0.25) is 35.3 Å². The fourth-order valence-corrected chi connectivity index (χ4v) is 3.95. The van der Waals surface area contributed by atoms with Crippen LogP contribution in [0.2, 0.25) is 0 Å². The van der Waals surface area contributed by atoms with Gasteiger partial charge in [0.25, 0.3) is 0 Å². The second-order valence-corrected chi connectivity index (χ2v) is 9.43. The van der Waals surface area contributed by atoms with Crippen molar-refractivity contribution in [2.45, 2.75) is 33.0 Å². The third-order valence-corrected chi connectivity index (χ3v) is 6.25. The third kappa shape index (κ3) is 10.3. The molecule has 1 atom stereocenters. The van der Waals surface area contributed by atoms with Crippen molar-refractivity contribution in [2.75, 3.05) is 60.7 Å². The minimum Gasteiger partial charge on any atom is -0.481 e. The zero-order chi connectivity index (χ0) is 30.3. The van der Waals surface area contributed by atoms with Gasteiger partial charge >= 0.3 is 5.84 Å². The molecule has 0 aliphatic carbocycles. The number of pyridine rings is 2. The average molecular weight is 586 g/mol. The summed E-state index contributed by atoms with van der Waals surface area (Å²) >= 11 is 0. The standard InChI is InChI=1S/C28H40N8O6/c1-19(37)31-12-10-29-14-21-6-8-25(34-27(21)39-4)41-17-23-16-33-24(36(23)3)18-42-26-9-7-22(28(35-26)40-5)15-30-11-13-32-20(2)38/h6-9,16,23,29-30H,10-15,17-18H2,1-5H3,(H-,31,32,37,38)/p+1. The molecule has 1 aliphatic rings. The summed E-state index contributed by atoms with van der Waals surface area (Å²) in [4.78, 5) is 35.4. The van der Waals surface area contributed by atoms with Crippen molar-refractivity contribution in [3.05, 3.63) is 35.4 Å². The summed E-state index contributed by atoms with van der Waals surface area (Å²) < 4.78 is 24.7. The van der Waals surface area contributed by atoms with Crippen LogP contribution < -0.4 is 40.2 Å². The lowest BCUT2D eigenvalue weighted by Crippen LogP contribution is -2.31. The molecule has 2 aromatic heterocycles. The Hall–Kier alpha value is -4.30. The number of aliphatic imine (C=N–C) groups is 1. The molecule has 1 aliphatic heterocycles. The molecule has 0 aromatic carbocycles. The largest absolute Gasteiger partial charge is 0.481 e. The van der Waals surface area contributed by atoms with Gasteiger partial charge in [0.1, 0.15) is 6.61 Å². The van der Waals surface area contributed by atoms with Crippen LogP contribution in [0.5, 0.6) is 23.5 Å². The highest BCUT2D eigenvalue weighted by Crippen LogP contribution is 2.21. The number of amidine groups is 1. The van der Waals surface area contributed by atoms with Crippen LogP contribution in [-0.2, 0) is 22.7 Å². The molecule has 0 saturated heterocycles. The topological polar surface area (TPSA) is 160 Å². The van der Waals surface area contributed by atoms with Gasteiger partial charge < -0.3 is 40.2 Å². The minimum absolute atomic E-state index is 0.0578. The molecular formula is C28H41N8O6+. The summed E-state index contributed by atoms with van der Waals surface area (Å²) in [6.45, 7) is 6.98. The molecule has 14 heteroatoms. The number of nitrogens with one attached hydrogen (secondary N) is 4. The van der Waals surface area contributed by atoms with E-state index in [1.807, 2.05) is 30.0 Å². The Balaban J connectivity index is 1.47. The van der Waals surface area contributed by atoms with Crippen LogP contribution >= 0.6 is 0 Å². The number of hydrogen-bond acceptors (Lipinski definition) is 11. The molecule has 4 N–H and O–H groups in total. The van der Waals surface area contributed by atoms with Crippen molar-refractivity contribution >= 4 is 23.9 Å². The van der Waals surface area contributed by atoms with Gasteiger partial charge in [-0.25, -0.2) is 4.58 Å². The zero-order valence-corrected chi connectivity index (χ0v) is 24.9. The summed E-state index contributed by atoms with van der Waals surface area (Å²) in [5.74, 6) is 2.43. The first-order valence-electron chi connectivity index (χ1n) is 13.7. The number of carbonyl (C=O) groups excluding carboxylic acids is 2. The number of rotatable bonds is 18. The summed E-state index contributed by atoms with van der Waals surface area (Å²) in [5.41, 5.74) is 1.77. The molecule has 2 aromatic rings. The SMILES string of the molecule is COc1nc(OCC2=[N+](C)C(COc3ccc(CNCCNC(C)=O)c(OC)n3)C=N2)ccc1CNCCNC(C)=O. The van der Waals surface area contributed by atoms with E-state index in [-0.39, 0.29) is 24.5 Å². The smallest absolute Gasteiger partial charge is 0.331 e. The molecule has 0 saturated carbocycles. The maximum atomic E-state index is 11.0. The van der Waals surface area contributed by atoms with Crippen molar-refractivity contribution in [1.82, 2.24) is 31.2 Å². The van der Waals surface area contributed by atoms with Gasteiger partial charge in [-0.15, -0.1) is 0 Å². The second-order valence-electron chi connectivity index (χ2n) is 9.43. The van der Waals surface area contributed by atoms with Gasteiger partial charge in [-0.1, -0.05) is 4.99 Å². The van der Waals surface area contributed by atoms with Crippen molar-refractivity contribution in [3.8, 4) is 23.5 Å². The fourth-order valence-electron chi connectivity index (χ4n) is 3.95. The lowest BCUT2D eigenvalue weighted by molar-refractivity contribution is -0.518. The van der Waals surface area contributed by atoms with Gasteiger partial charge in [0, 0.05) is 76.4 Å². The monoisotopic (exact) mass is 585 g/mol. The Morgan fingerprint density at radius 2 is 1.33 bits per heavy atom. The van der Waals surface area contributed by atoms with Gasteiger partial charge in [-0.3, -0.25) is 9.59 Å². The molecule has 42 heavy (non-hydrogen) atoms. The van der Waals surface area contributed by atoms with Gasteiger partial charge in [-0.2, -0.15) is 9.97 Å². The molecule has 0 bridgehead atoms. The molecule has 0 fully saturated rings. The van der Waals surface area contributed by atoms with Crippen molar-refractivity contribution < 1.29 is 33.1 Å². The fraction of sp³-hybridized carbons (Fsp3) is 0.500. The molecule has 0 spiro atoms. The maximum Gasteiger partial charge on any atom is 0.331 e. The van der Waals surface area contributed by atoms with Crippen molar-refractivity contribution in [2.24, 2.45) is 4.99 Å². The molecule has 3 heterocycles.